The topological polar surface area (TPSA) is 121 Å². The normalized spacial score (nSPS) is 18.5. The highest BCUT2D eigenvalue weighted by Crippen LogP contribution is 2.44. The van der Waals surface area contributed by atoms with Crippen LogP contribution in [-0.4, -0.2) is 57.5 Å². The number of carbonyl (C=O) groups is 2. The number of amides is 2. The Balaban J connectivity index is 2.03. The van der Waals surface area contributed by atoms with Gasteiger partial charge in [-0.2, -0.15) is 0 Å². The number of hydrogen-bond donors (Lipinski definition) is 3. The number of halogens is 2. The van der Waals surface area contributed by atoms with Crippen molar-refractivity contribution >= 4 is 17.8 Å². The van der Waals surface area contributed by atoms with E-state index >= 15 is 0 Å². The third kappa shape index (κ3) is 7.47. The van der Waals surface area contributed by atoms with Crippen LogP contribution in [0.5, 0.6) is 0 Å². The molecule has 2 aromatic rings. The van der Waals surface area contributed by atoms with Crippen LogP contribution in [0.3, 0.4) is 0 Å². The second-order valence-electron chi connectivity index (χ2n) is 10.0. The number of nitrogens with zero attached hydrogens (tertiary/aromatic N) is 3. The maximum atomic E-state index is 14.1. The van der Waals surface area contributed by atoms with E-state index in [0.717, 1.165) is 31.0 Å². The van der Waals surface area contributed by atoms with Gasteiger partial charge in [-0.25, -0.2) is 18.7 Å². The first-order valence-electron chi connectivity index (χ1n) is 13.2. The van der Waals surface area contributed by atoms with Crippen LogP contribution in [0.4, 0.5) is 14.7 Å². The summed E-state index contributed by atoms with van der Waals surface area (Å²) in [5.74, 6) is -3.16. The van der Waals surface area contributed by atoms with Crippen molar-refractivity contribution in [1.29, 1.82) is 0 Å². The fourth-order valence-electron chi connectivity index (χ4n) is 5.29. The van der Waals surface area contributed by atoms with Gasteiger partial charge < -0.3 is 21.1 Å². The van der Waals surface area contributed by atoms with Gasteiger partial charge in [-0.05, 0) is 56.4 Å². The van der Waals surface area contributed by atoms with Gasteiger partial charge in [-0.15, -0.1) is 0 Å². The molecule has 4 N–H and O–H groups in total. The van der Waals surface area contributed by atoms with Crippen LogP contribution in [0, 0.1) is 23.0 Å². The van der Waals surface area contributed by atoms with E-state index in [0.29, 0.717) is 24.2 Å². The highest BCUT2D eigenvalue weighted by atomic mass is 19.1. The Morgan fingerprint density at radius 1 is 1.13 bits per heavy atom. The molecule has 1 unspecified atom stereocenters. The highest BCUT2D eigenvalue weighted by Gasteiger charge is 2.48. The summed E-state index contributed by atoms with van der Waals surface area (Å²) in [6.07, 6.45) is 6.67. The minimum absolute atomic E-state index is 0.0518. The lowest BCUT2D eigenvalue weighted by molar-refractivity contribution is -0.132. The monoisotopic (exact) mass is 541 g/mol. The fraction of sp³-hybridized carbons (Fsp3) is 0.448. The Hall–Kier alpha value is -3.66. The van der Waals surface area contributed by atoms with Crippen molar-refractivity contribution in [2.75, 3.05) is 25.0 Å². The van der Waals surface area contributed by atoms with Crippen molar-refractivity contribution in [2.24, 2.45) is 17.1 Å². The first kappa shape index (κ1) is 29.9. The standard InChI is InChI=1S/C29H37F2N5O3/c1-4-9-36(10-5-2)26(38)21-11-19(3)16-29(17-21,27(32)39)24(14-20-12-22(30)15-23(31)13-20)25(37)18-35-28-33-7-6-8-34-28/h6-8,11-13,15-16,24-25,37H,4-5,9-10,14,17-18H2,1-3H3,(H2,32,39)(H,33,34,35)/t24-,25+,29?/m1/s1. The molecule has 0 saturated carbocycles. The van der Waals surface area contributed by atoms with Crippen LogP contribution >= 0.6 is 0 Å². The van der Waals surface area contributed by atoms with E-state index in [2.05, 4.69) is 15.3 Å². The van der Waals surface area contributed by atoms with E-state index in [4.69, 9.17) is 5.73 Å². The smallest absolute Gasteiger partial charge is 0.249 e. The van der Waals surface area contributed by atoms with Crippen molar-refractivity contribution in [1.82, 2.24) is 14.9 Å². The lowest BCUT2D eigenvalue weighted by Crippen LogP contribution is -2.51. The molecule has 3 rings (SSSR count). The van der Waals surface area contributed by atoms with Gasteiger partial charge in [0.1, 0.15) is 11.6 Å². The number of carbonyl (C=O) groups excluding carboxylic acids is 2. The minimum Gasteiger partial charge on any atom is -0.391 e. The number of aliphatic hydroxyl groups is 1. The zero-order valence-corrected chi connectivity index (χ0v) is 22.7. The number of nitrogens with two attached hydrogens (primary N) is 1. The van der Waals surface area contributed by atoms with E-state index in [9.17, 15) is 23.5 Å². The van der Waals surface area contributed by atoms with E-state index in [1.54, 1.807) is 30.0 Å². The third-order valence-corrected chi connectivity index (χ3v) is 6.92. The van der Waals surface area contributed by atoms with Crippen molar-refractivity contribution in [3.8, 4) is 0 Å². The molecule has 0 aliphatic heterocycles. The lowest BCUT2D eigenvalue weighted by Gasteiger charge is -2.42. The third-order valence-electron chi connectivity index (χ3n) is 6.92. The molecule has 39 heavy (non-hydrogen) atoms. The van der Waals surface area contributed by atoms with Gasteiger partial charge in [-0.3, -0.25) is 9.59 Å². The molecule has 0 spiro atoms. The summed E-state index contributed by atoms with van der Waals surface area (Å²) < 4.78 is 28.2. The number of rotatable bonds is 13. The molecular weight excluding hydrogens is 504 g/mol. The van der Waals surface area contributed by atoms with Gasteiger partial charge in [0.2, 0.25) is 17.8 Å². The van der Waals surface area contributed by atoms with Crippen LogP contribution in [0.15, 0.2) is 60.0 Å². The number of hydrogen-bond acceptors (Lipinski definition) is 6. The molecule has 1 aliphatic rings. The summed E-state index contributed by atoms with van der Waals surface area (Å²) in [5.41, 5.74) is 5.82. The van der Waals surface area contributed by atoms with Gasteiger partial charge in [0.15, 0.2) is 0 Å². The minimum atomic E-state index is -1.50. The predicted molar refractivity (Wildman–Crippen MR) is 145 cm³/mol. The largest absolute Gasteiger partial charge is 0.391 e. The molecule has 0 bridgehead atoms. The summed E-state index contributed by atoms with van der Waals surface area (Å²) in [5, 5.41) is 14.4. The van der Waals surface area contributed by atoms with Crippen LogP contribution < -0.4 is 11.1 Å². The molecule has 2 amide bonds. The van der Waals surface area contributed by atoms with Crippen LogP contribution in [0.25, 0.3) is 0 Å². The molecular formula is C29H37F2N5O3. The predicted octanol–water partition coefficient (Wildman–Crippen LogP) is 3.78. The summed E-state index contributed by atoms with van der Waals surface area (Å²) in [6, 6.07) is 4.73. The van der Waals surface area contributed by atoms with Crippen molar-refractivity contribution in [3.05, 3.63) is 77.2 Å². The Morgan fingerprint density at radius 2 is 1.74 bits per heavy atom. The highest BCUT2D eigenvalue weighted by molar-refractivity contribution is 5.97. The number of primary amides is 1. The average Bonchev–Trinajstić information content (AvgIpc) is 2.89. The van der Waals surface area contributed by atoms with E-state index in [1.165, 1.54) is 12.4 Å². The van der Waals surface area contributed by atoms with Crippen molar-refractivity contribution < 1.29 is 23.5 Å². The number of anilines is 1. The molecule has 10 heteroatoms. The molecule has 210 valence electrons. The molecule has 0 radical (unpaired) electrons. The second-order valence-corrected chi connectivity index (χ2v) is 10.0. The SMILES string of the molecule is CCCN(CCC)C(=O)C1=CC(C)=CC(C(N)=O)([C@H](Cc2cc(F)cc(F)c2)[C@@H](O)CNc2ncccn2)C1. The summed E-state index contributed by atoms with van der Waals surface area (Å²) in [7, 11) is 0. The maximum absolute atomic E-state index is 14.1. The molecule has 0 saturated heterocycles. The average molecular weight is 542 g/mol. The van der Waals surface area contributed by atoms with E-state index in [-0.39, 0.29) is 36.8 Å². The zero-order valence-electron chi connectivity index (χ0n) is 22.7. The molecule has 1 aliphatic carbocycles. The van der Waals surface area contributed by atoms with Crippen LogP contribution in [0.2, 0.25) is 0 Å². The van der Waals surface area contributed by atoms with E-state index < -0.39 is 35.0 Å². The fourth-order valence-corrected chi connectivity index (χ4v) is 5.29. The zero-order chi connectivity index (χ0) is 28.6. The first-order chi connectivity index (χ1) is 18.6. The quantitative estimate of drug-likeness (QED) is 0.355. The van der Waals surface area contributed by atoms with Crippen LogP contribution in [-0.2, 0) is 16.0 Å². The van der Waals surface area contributed by atoms with Gasteiger partial charge >= 0.3 is 0 Å². The summed E-state index contributed by atoms with van der Waals surface area (Å²) in [6.45, 7) is 6.78. The molecule has 8 nitrogen and oxygen atoms in total. The molecule has 3 atom stereocenters. The number of nitrogens with one attached hydrogen (secondary N) is 1. The molecule has 1 aromatic heterocycles. The van der Waals surface area contributed by atoms with Gasteiger partial charge in [0, 0.05) is 49.6 Å². The summed E-state index contributed by atoms with van der Waals surface area (Å²) in [4.78, 5) is 36.8. The number of aromatic nitrogens is 2. The first-order valence-corrected chi connectivity index (χ1v) is 13.2. The number of benzene rings is 1. The van der Waals surface area contributed by atoms with Gasteiger partial charge in [0.05, 0.1) is 11.5 Å². The van der Waals surface area contributed by atoms with Gasteiger partial charge in [0.25, 0.3) is 0 Å². The van der Waals surface area contributed by atoms with Crippen molar-refractivity contribution in [2.45, 2.75) is 52.6 Å². The molecule has 1 aromatic carbocycles. The van der Waals surface area contributed by atoms with Crippen LogP contribution in [0.1, 0.15) is 45.6 Å². The Labute approximate surface area is 228 Å². The molecule has 1 heterocycles. The lowest BCUT2D eigenvalue weighted by atomic mass is 9.63. The number of aliphatic hydroxyl groups excluding tert-OH is 1. The Bertz CT molecular complexity index is 1190. The van der Waals surface area contributed by atoms with E-state index in [1.807, 2.05) is 13.8 Å². The maximum Gasteiger partial charge on any atom is 0.249 e. The molecule has 0 fully saturated rings. The van der Waals surface area contributed by atoms with Crippen molar-refractivity contribution in [3.63, 3.8) is 0 Å². The number of allylic oxidation sites excluding steroid dienone is 2. The Morgan fingerprint density at radius 3 is 2.31 bits per heavy atom. The Kier molecular flexibility index (Phi) is 10.3. The summed E-state index contributed by atoms with van der Waals surface area (Å²) >= 11 is 0. The van der Waals surface area contributed by atoms with Gasteiger partial charge in [-0.1, -0.05) is 31.6 Å². The second kappa shape index (κ2) is 13.4.